The van der Waals surface area contributed by atoms with Crippen LogP contribution in [-0.2, 0) is 6.54 Å². The molecule has 0 aliphatic rings. The molecular formula is C8H13ClN6. The number of guanidine groups is 2. The average molecular weight is 229 g/mol. The second kappa shape index (κ2) is 6.61. The van der Waals surface area contributed by atoms with Gasteiger partial charge in [0.25, 0.3) is 0 Å². The Bertz CT molecular complexity index is 343. The number of halogens is 1. The van der Waals surface area contributed by atoms with Gasteiger partial charge in [0.1, 0.15) is 0 Å². The Morgan fingerprint density at radius 3 is 2.33 bits per heavy atom. The lowest BCUT2D eigenvalue weighted by Gasteiger charge is -1.96. The van der Waals surface area contributed by atoms with E-state index in [0.717, 1.165) is 5.56 Å². The van der Waals surface area contributed by atoms with E-state index in [-0.39, 0.29) is 24.3 Å². The van der Waals surface area contributed by atoms with Crippen LogP contribution in [0.3, 0.4) is 0 Å². The maximum Gasteiger partial charge on any atom is 0.218 e. The molecule has 0 bridgehead atoms. The standard InChI is InChI=1S/C8H12N6.ClH/c9-7(10)14-8(11)13-5-6-1-3-12-4-2-6;/h1-4H,5H2,(H6,9,10,11,13,14);1H. The van der Waals surface area contributed by atoms with Crippen LogP contribution in [0.25, 0.3) is 0 Å². The highest BCUT2D eigenvalue weighted by Gasteiger charge is 1.91. The van der Waals surface area contributed by atoms with Gasteiger partial charge in [-0.25, -0.2) is 4.99 Å². The molecule has 0 unspecified atom stereocenters. The van der Waals surface area contributed by atoms with Crippen LogP contribution in [0.1, 0.15) is 5.56 Å². The molecule has 6 nitrogen and oxygen atoms in total. The Morgan fingerprint density at radius 2 is 1.80 bits per heavy atom. The third kappa shape index (κ3) is 5.48. The highest BCUT2D eigenvalue weighted by molar-refractivity contribution is 5.92. The summed E-state index contributed by atoms with van der Waals surface area (Å²) < 4.78 is 0. The van der Waals surface area contributed by atoms with Gasteiger partial charge in [0.15, 0.2) is 5.96 Å². The lowest BCUT2D eigenvalue weighted by atomic mass is 10.3. The summed E-state index contributed by atoms with van der Waals surface area (Å²) in [6.07, 6.45) is 3.36. The van der Waals surface area contributed by atoms with E-state index in [0.29, 0.717) is 6.54 Å². The van der Waals surface area contributed by atoms with Crippen molar-refractivity contribution in [2.75, 3.05) is 0 Å². The molecule has 0 radical (unpaired) electrons. The third-order valence-corrected chi connectivity index (χ3v) is 1.42. The van der Waals surface area contributed by atoms with Crippen molar-refractivity contribution in [3.63, 3.8) is 0 Å². The SMILES string of the molecule is Cl.NC(N)=NC(N)=NCc1ccncc1. The molecule has 6 N–H and O–H groups in total. The van der Waals surface area contributed by atoms with Crippen LogP contribution in [0, 0.1) is 0 Å². The number of nitrogens with zero attached hydrogens (tertiary/aromatic N) is 3. The molecule has 1 heterocycles. The monoisotopic (exact) mass is 228 g/mol. The zero-order valence-electron chi connectivity index (χ0n) is 8.00. The van der Waals surface area contributed by atoms with Crippen molar-refractivity contribution in [1.29, 1.82) is 0 Å². The summed E-state index contributed by atoms with van der Waals surface area (Å²) in [6, 6.07) is 3.68. The van der Waals surface area contributed by atoms with Crippen LogP contribution < -0.4 is 17.2 Å². The lowest BCUT2D eigenvalue weighted by Crippen LogP contribution is -2.26. The Morgan fingerprint density at radius 1 is 1.20 bits per heavy atom. The maximum atomic E-state index is 5.41. The first-order valence-electron chi connectivity index (χ1n) is 3.97. The number of rotatable bonds is 2. The van der Waals surface area contributed by atoms with E-state index in [1.54, 1.807) is 12.4 Å². The third-order valence-electron chi connectivity index (χ3n) is 1.42. The van der Waals surface area contributed by atoms with Gasteiger partial charge < -0.3 is 17.2 Å². The van der Waals surface area contributed by atoms with Gasteiger partial charge in [-0.2, -0.15) is 4.99 Å². The van der Waals surface area contributed by atoms with Crippen molar-refractivity contribution in [3.8, 4) is 0 Å². The van der Waals surface area contributed by atoms with E-state index in [4.69, 9.17) is 17.2 Å². The predicted octanol–water partition coefficient (Wildman–Crippen LogP) is -0.408. The molecule has 0 saturated heterocycles. The van der Waals surface area contributed by atoms with Gasteiger partial charge in [-0.05, 0) is 17.7 Å². The summed E-state index contributed by atoms with van der Waals surface area (Å²) in [5, 5.41) is 0. The van der Waals surface area contributed by atoms with Crippen LogP contribution >= 0.6 is 12.4 Å². The van der Waals surface area contributed by atoms with Crippen molar-refractivity contribution in [2.45, 2.75) is 6.54 Å². The fourth-order valence-electron chi connectivity index (χ4n) is 0.828. The maximum absolute atomic E-state index is 5.41. The zero-order valence-corrected chi connectivity index (χ0v) is 8.81. The molecule has 1 aromatic heterocycles. The van der Waals surface area contributed by atoms with Crippen molar-refractivity contribution < 1.29 is 0 Å². The van der Waals surface area contributed by atoms with E-state index < -0.39 is 0 Å². The summed E-state index contributed by atoms with van der Waals surface area (Å²) >= 11 is 0. The molecular weight excluding hydrogens is 216 g/mol. The minimum atomic E-state index is -0.0963. The molecule has 0 aliphatic carbocycles. The molecule has 15 heavy (non-hydrogen) atoms. The Kier molecular flexibility index (Phi) is 5.81. The minimum absolute atomic E-state index is 0. The van der Waals surface area contributed by atoms with Gasteiger partial charge >= 0.3 is 0 Å². The first-order valence-corrected chi connectivity index (χ1v) is 3.97. The topological polar surface area (TPSA) is 116 Å². The number of nitrogens with two attached hydrogens (primary N) is 3. The van der Waals surface area contributed by atoms with Gasteiger partial charge in [0, 0.05) is 12.4 Å². The molecule has 0 spiro atoms. The molecule has 7 heteroatoms. The highest BCUT2D eigenvalue weighted by Crippen LogP contribution is 1.97. The predicted molar refractivity (Wildman–Crippen MR) is 62.6 cm³/mol. The molecule has 0 fully saturated rings. The fourth-order valence-corrected chi connectivity index (χ4v) is 0.828. The van der Waals surface area contributed by atoms with Gasteiger partial charge in [0.05, 0.1) is 6.54 Å². The summed E-state index contributed by atoms with van der Waals surface area (Å²) in [7, 11) is 0. The molecule has 1 aromatic rings. The number of hydrogen-bond donors (Lipinski definition) is 3. The van der Waals surface area contributed by atoms with Gasteiger partial charge in [-0.15, -0.1) is 12.4 Å². The van der Waals surface area contributed by atoms with Crippen molar-refractivity contribution in [2.24, 2.45) is 27.2 Å². The number of hydrogen-bond acceptors (Lipinski definition) is 2. The second-order valence-electron chi connectivity index (χ2n) is 2.57. The lowest BCUT2D eigenvalue weighted by molar-refractivity contribution is 1.04. The van der Waals surface area contributed by atoms with E-state index >= 15 is 0 Å². The summed E-state index contributed by atoms with van der Waals surface area (Å²) in [4.78, 5) is 11.4. The van der Waals surface area contributed by atoms with Crippen molar-refractivity contribution in [3.05, 3.63) is 30.1 Å². The molecule has 1 rings (SSSR count). The molecule has 0 saturated carbocycles. The minimum Gasteiger partial charge on any atom is -0.370 e. The second-order valence-corrected chi connectivity index (χ2v) is 2.57. The van der Waals surface area contributed by atoms with Crippen LogP contribution in [0.2, 0.25) is 0 Å². The van der Waals surface area contributed by atoms with Crippen molar-refractivity contribution in [1.82, 2.24) is 4.98 Å². The van der Waals surface area contributed by atoms with Crippen LogP contribution in [-0.4, -0.2) is 16.9 Å². The van der Waals surface area contributed by atoms with Crippen LogP contribution in [0.5, 0.6) is 0 Å². The first-order chi connectivity index (χ1) is 6.68. The normalized spacial score (nSPS) is 10.3. The molecule has 0 aliphatic heterocycles. The van der Waals surface area contributed by atoms with E-state index in [1.165, 1.54) is 0 Å². The van der Waals surface area contributed by atoms with Crippen molar-refractivity contribution >= 4 is 24.3 Å². The largest absolute Gasteiger partial charge is 0.370 e. The summed E-state index contributed by atoms with van der Waals surface area (Å²) in [5.41, 5.74) is 16.6. The van der Waals surface area contributed by atoms with Gasteiger partial charge in [-0.1, -0.05) is 0 Å². The first kappa shape index (κ1) is 13.2. The molecule has 0 atom stereocenters. The summed E-state index contributed by atoms with van der Waals surface area (Å²) in [6.45, 7) is 0.436. The van der Waals surface area contributed by atoms with Gasteiger partial charge in [-0.3, -0.25) is 4.98 Å². The smallest absolute Gasteiger partial charge is 0.218 e. The van der Waals surface area contributed by atoms with E-state index in [9.17, 15) is 0 Å². The average Bonchev–Trinajstić information content (AvgIpc) is 2.15. The van der Waals surface area contributed by atoms with E-state index in [1.807, 2.05) is 12.1 Å². The summed E-state index contributed by atoms with van der Waals surface area (Å²) in [5.74, 6) is -0.0252. The molecule has 0 aromatic carbocycles. The highest BCUT2D eigenvalue weighted by atomic mass is 35.5. The Hall–Kier alpha value is -1.82. The molecule has 0 amide bonds. The number of pyridine rings is 1. The fraction of sp³-hybridized carbons (Fsp3) is 0.125. The Balaban J connectivity index is 0.00000196. The number of aromatic nitrogens is 1. The van der Waals surface area contributed by atoms with E-state index in [2.05, 4.69) is 15.0 Å². The van der Waals surface area contributed by atoms with Crippen LogP contribution in [0.4, 0.5) is 0 Å². The van der Waals surface area contributed by atoms with Gasteiger partial charge in [0.2, 0.25) is 5.96 Å². The van der Waals surface area contributed by atoms with Crippen LogP contribution in [0.15, 0.2) is 34.5 Å². The Labute approximate surface area is 93.7 Å². The molecule has 82 valence electrons. The zero-order chi connectivity index (χ0) is 10.4. The quantitative estimate of drug-likeness (QED) is 0.471. The number of aliphatic imine (C=N–C) groups is 2.